The van der Waals surface area contributed by atoms with E-state index in [-0.39, 0.29) is 5.91 Å². The van der Waals surface area contributed by atoms with Gasteiger partial charge >= 0.3 is 0 Å². The molecule has 0 aromatic heterocycles. The van der Waals surface area contributed by atoms with Gasteiger partial charge in [-0.15, -0.1) is 0 Å². The smallest absolute Gasteiger partial charge is 0.264 e. The van der Waals surface area contributed by atoms with Crippen molar-refractivity contribution in [1.29, 1.82) is 0 Å². The van der Waals surface area contributed by atoms with E-state index in [1.807, 2.05) is 60.7 Å². The molecule has 1 amide bonds. The monoisotopic (exact) mass is 380 g/mol. The van der Waals surface area contributed by atoms with Crippen molar-refractivity contribution in [3.8, 4) is 5.75 Å². The van der Waals surface area contributed by atoms with Gasteiger partial charge in [-0.1, -0.05) is 56.5 Å². The summed E-state index contributed by atoms with van der Waals surface area (Å²) in [4.78, 5) is 17.3. The van der Waals surface area contributed by atoms with Gasteiger partial charge in [0.2, 0.25) is 0 Å². The molecular formula is C22H24N2O2S. The van der Waals surface area contributed by atoms with Crippen LogP contribution in [-0.2, 0) is 4.79 Å². The molecule has 0 unspecified atom stereocenters. The predicted octanol–water partition coefficient (Wildman–Crippen LogP) is 5.54. The average molecular weight is 381 g/mol. The van der Waals surface area contributed by atoms with Gasteiger partial charge in [0, 0.05) is 0 Å². The van der Waals surface area contributed by atoms with Crippen LogP contribution in [0, 0.1) is 0 Å². The first kappa shape index (κ1) is 19.2. The van der Waals surface area contributed by atoms with E-state index in [0.717, 1.165) is 30.0 Å². The molecule has 1 heterocycles. The molecule has 27 heavy (non-hydrogen) atoms. The summed E-state index contributed by atoms with van der Waals surface area (Å²) in [5, 5.41) is 3.41. The van der Waals surface area contributed by atoms with Crippen molar-refractivity contribution in [2.45, 2.75) is 32.6 Å². The van der Waals surface area contributed by atoms with E-state index in [2.05, 4.69) is 17.2 Å². The van der Waals surface area contributed by atoms with Crippen LogP contribution >= 0.6 is 11.8 Å². The van der Waals surface area contributed by atoms with E-state index >= 15 is 0 Å². The topological polar surface area (TPSA) is 50.7 Å². The Morgan fingerprint density at radius 1 is 1.04 bits per heavy atom. The molecule has 1 fully saturated rings. The zero-order chi connectivity index (χ0) is 18.9. The molecule has 0 bridgehead atoms. The number of hydrogen-bond donors (Lipinski definition) is 1. The zero-order valence-electron chi connectivity index (χ0n) is 15.5. The maximum atomic E-state index is 12.2. The molecule has 3 rings (SSSR count). The van der Waals surface area contributed by atoms with Gasteiger partial charge in [-0.05, 0) is 54.1 Å². The maximum absolute atomic E-state index is 12.2. The molecule has 0 saturated carbocycles. The first-order valence-corrected chi connectivity index (χ1v) is 10.1. The van der Waals surface area contributed by atoms with E-state index in [1.54, 1.807) is 0 Å². The fourth-order valence-corrected chi connectivity index (χ4v) is 3.47. The third-order valence-corrected chi connectivity index (χ3v) is 4.99. The van der Waals surface area contributed by atoms with Crippen LogP contribution in [0.1, 0.15) is 38.2 Å². The minimum Gasteiger partial charge on any atom is -0.494 e. The summed E-state index contributed by atoms with van der Waals surface area (Å²) < 4.78 is 5.76. The van der Waals surface area contributed by atoms with Crippen LogP contribution in [0.15, 0.2) is 64.5 Å². The summed E-state index contributed by atoms with van der Waals surface area (Å²) in [5.74, 6) is 0.745. The normalized spacial score (nSPS) is 16.7. The first-order chi connectivity index (χ1) is 13.2. The number of thioether (sulfide) groups is 1. The number of nitrogens with zero attached hydrogens (tertiary/aromatic N) is 1. The van der Waals surface area contributed by atoms with Crippen molar-refractivity contribution in [1.82, 2.24) is 5.32 Å². The molecule has 1 saturated heterocycles. The lowest BCUT2D eigenvalue weighted by molar-refractivity contribution is -0.115. The number of unbranched alkanes of at least 4 members (excludes halogenated alkanes) is 3. The molecule has 2 aromatic carbocycles. The highest BCUT2D eigenvalue weighted by Gasteiger charge is 2.23. The van der Waals surface area contributed by atoms with Gasteiger partial charge in [-0.25, -0.2) is 4.99 Å². The SMILES string of the molecule is CCCCCCOc1ccc(/C=C2/SC(=Nc3ccccc3)NC2=O)cc1. The van der Waals surface area contributed by atoms with Gasteiger partial charge in [-0.3, -0.25) is 4.79 Å². The highest BCUT2D eigenvalue weighted by molar-refractivity contribution is 8.18. The zero-order valence-corrected chi connectivity index (χ0v) is 16.3. The number of para-hydroxylation sites is 1. The molecule has 0 atom stereocenters. The summed E-state index contributed by atoms with van der Waals surface area (Å²) >= 11 is 1.35. The first-order valence-electron chi connectivity index (χ1n) is 9.32. The highest BCUT2D eigenvalue weighted by Crippen LogP contribution is 2.28. The number of amides is 1. The molecule has 1 aliphatic rings. The number of carbonyl (C=O) groups excluding carboxylic acids is 1. The number of hydrogen-bond acceptors (Lipinski definition) is 4. The van der Waals surface area contributed by atoms with Crippen LogP contribution < -0.4 is 10.1 Å². The van der Waals surface area contributed by atoms with E-state index < -0.39 is 0 Å². The van der Waals surface area contributed by atoms with Crippen molar-refractivity contribution in [3.63, 3.8) is 0 Å². The summed E-state index contributed by atoms with van der Waals surface area (Å²) in [5.41, 5.74) is 1.79. The standard InChI is InChI=1S/C22H24N2O2S/c1-2-3-4-8-15-26-19-13-11-17(12-14-19)16-20-21(25)24-22(27-20)23-18-9-6-5-7-10-18/h5-7,9-14,16H,2-4,8,15H2,1H3,(H,23,24,25)/b20-16+. The summed E-state index contributed by atoms with van der Waals surface area (Å²) in [7, 11) is 0. The minimum absolute atomic E-state index is 0.120. The van der Waals surface area contributed by atoms with E-state index in [0.29, 0.717) is 10.1 Å². The Bertz CT molecular complexity index is 814. The Hall–Kier alpha value is -2.53. The lowest BCUT2D eigenvalue weighted by Gasteiger charge is -2.06. The van der Waals surface area contributed by atoms with Crippen molar-refractivity contribution < 1.29 is 9.53 Å². The molecule has 1 aliphatic heterocycles. The van der Waals surface area contributed by atoms with Crippen molar-refractivity contribution in [2.75, 3.05) is 6.61 Å². The Labute approximate surface area is 164 Å². The van der Waals surface area contributed by atoms with Gasteiger partial charge in [0.1, 0.15) is 5.75 Å². The minimum atomic E-state index is -0.120. The Kier molecular flexibility index (Phi) is 7.11. The molecule has 0 aliphatic carbocycles. The molecule has 2 aromatic rings. The van der Waals surface area contributed by atoms with Crippen molar-refractivity contribution in [3.05, 3.63) is 65.1 Å². The molecule has 0 radical (unpaired) electrons. The fourth-order valence-electron chi connectivity index (χ4n) is 2.63. The number of nitrogens with one attached hydrogen (secondary N) is 1. The number of carbonyl (C=O) groups is 1. The Morgan fingerprint density at radius 2 is 1.81 bits per heavy atom. The molecule has 5 heteroatoms. The number of benzene rings is 2. The molecule has 4 nitrogen and oxygen atoms in total. The second-order valence-electron chi connectivity index (χ2n) is 6.30. The lowest BCUT2D eigenvalue weighted by atomic mass is 10.2. The van der Waals surface area contributed by atoms with Gasteiger partial charge < -0.3 is 10.1 Å². The second kappa shape index (κ2) is 9.97. The number of ether oxygens (including phenoxy) is 1. The lowest BCUT2D eigenvalue weighted by Crippen LogP contribution is -2.19. The predicted molar refractivity (Wildman–Crippen MR) is 113 cm³/mol. The van der Waals surface area contributed by atoms with E-state index in [9.17, 15) is 4.79 Å². The van der Waals surface area contributed by atoms with Crippen LogP contribution in [0.4, 0.5) is 5.69 Å². The largest absolute Gasteiger partial charge is 0.494 e. The van der Waals surface area contributed by atoms with Gasteiger partial charge in [0.15, 0.2) is 5.17 Å². The molecule has 140 valence electrons. The Balaban J connectivity index is 1.58. The Morgan fingerprint density at radius 3 is 2.56 bits per heavy atom. The number of rotatable bonds is 8. The summed E-state index contributed by atoms with van der Waals surface area (Å²) in [6.07, 6.45) is 6.65. The van der Waals surface area contributed by atoms with Crippen LogP contribution in [0.25, 0.3) is 6.08 Å². The fraction of sp³-hybridized carbons (Fsp3) is 0.273. The van der Waals surface area contributed by atoms with Gasteiger partial charge in [0.25, 0.3) is 5.91 Å². The molecule has 1 N–H and O–H groups in total. The van der Waals surface area contributed by atoms with Gasteiger partial charge in [0.05, 0.1) is 17.2 Å². The maximum Gasteiger partial charge on any atom is 0.264 e. The van der Waals surface area contributed by atoms with Crippen molar-refractivity contribution in [2.24, 2.45) is 4.99 Å². The second-order valence-corrected chi connectivity index (χ2v) is 7.33. The van der Waals surface area contributed by atoms with E-state index in [4.69, 9.17) is 4.74 Å². The van der Waals surface area contributed by atoms with E-state index in [1.165, 1.54) is 31.0 Å². The van der Waals surface area contributed by atoms with Crippen LogP contribution in [0.3, 0.4) is 0 Å². The van der Waals surface area contributed by atoms with Crippen LogP contribution in [-0.4, -0.2) is 17.7 Å². The van der Waals surface area contributed by atoms with Crippen LogP contribution in [0.5, 0.6) is 5.75 Å². The van der Waals surface area contributed by atoms with Crippen LogP contribution in [0.2, 0.25) is 0 Å². The molecular weight excluding hydrogens is 356 g/mol. The number of aliphatic imine (C=N–C) groups is 1. The summed E-state index contributed by atoms with van der Waals surface area (Å²) in [6.45, 7) is 2.95. The summed E-state index contributed by atoms with van der Waals surface area (Å²) in [6, 6.07) is 17.4. The van der Waals surface area contributed by atoms with Gasteiger partial charge in [-0.2, -0.15) is 0 Å². The average Bonchev–Trinajstić information content (AvgIpc) is 3.02. The highest BCUT2D eigenvalue weighted by atomic mass is 32.2. The number of amidine groups is 1. The van der Waals surface area contributed by atoms with Crippen molar-refractivity contribution >= 4 is 34.6 Å². The third-order valence-electron chi connectivity index (χ3n) is 4.08. The molecule has 0 spiro atoms. The quantitative estimate of drug-likeness (QED) is 0.483. The third kappa shape index (κ3) is 6.00.